The van der Waals surface area contributed by atoms with Crippen LogP contribution in [0.3, 0.4) is 0 Å². The zero-order valence-corrected chi connectivity index (χ0v) is 21.1. The van der Waals surface area contributed by atoms with Crippen molar-refractivity contribution >= 4 is 24.3 Å². The van der Waals surface area contributed by atoms with Crippen LogP contribution in [0.5, 0.6) is 0 Å². The number of nitrogens with one attached hydrogen (secondary N) is 1. The van der Waals surface area contributed by atoms with Gasteiger partial charge in [0.15, 0.2) is 6.23 Å². The summed E-state index contributed by atoms with van der Waals surface area (Å²) in [5.41, 5.74) is 3.45. The fraction of sp³-hybridized carbons (Fsp3) is 0.579. The summed E-state index contributed by atoms with van der Waals surface area (Å²) >= 11 is 5.09. The van der Waals surface area contributed by atoms with Crippen LogP contribution >= 0.6 is 6.72 Å². The third-order valence-corrected chi connectivity index (χ3v) is 7.49. The molecule has 37 heavy (non-hydrogen) atoms. The van der Waals surface area contributed by atoms with Crippen LogP contribution in [-0.2, 0) is 35.1 Å². The van der Waals surface area contributed by atoms with Crippen molar-refractivity contribution in [1.82, 2.24) is 19.1 Å². The van der Waals surface area contributed by atoms with Gasteiger partial charge in [0, 0.05) is 32.0 Å². The van der Waals surface area contributed by atoms with E-state index >= 15 is 0 Å². The van der Waals surface area contributed by atoms with Gasteiger partial charge in [0.25, 0.3) is 5.56 Å². The van der Waals surface area contributed by atoms with Crippen LogP contribution in [0.15, 0.2) is 38.9 Å². The van der Waals surface area contributed by atoms with Gasteiger partial charge in [-0.3, -0.25) is 18.9 Å². The maximum atomic E-state index is 12.2. The van der Waals surface area contributed by atoms with Crippen molar-refractivity contribution in [3.8, 4) is 0 Å². The van der Waals surface area contributed by atoms with Gasteiger partial charge in [-0.1, -0.05) is 0 Å². The van der Waals surface area contributed by atoms with E-state index in [9.17, 15) is 29.5 Å². The number of ether oxygens (including phenoxy) is 3. The first-order valence-electron chi connectivity index (χ1n) is 11.0. The number of H-pyrrole nitrogens is 1. The first-order valence-corrected chi connectivity index (χ1v) is 13.6. The van der Waals surface area contributed by atoms with Crippen molar-refractivity contribution in [2.75, 3.05) is 26.1 Å². The number of nitrogen functional groups attached to an aromatic ring is 1. The van der Waals surface area contributed by atoms with E-state index in [1.807, 2.05) is 0 Å². The summed E-state index contributed by atoms with van der Waals surface area (Å²) < 4.78 is 29.8. The van der Waals surface area contributed by atoms with E-state index in [-0.39, 0.29) is 12.2 Å². The summed E-state index contributed by atoms with van der Waals surface area (Å²) in [7, 11) is 1.30. The average Bonchev–Trinajstić information content (AvgIpc) is 3.37. The van der Waals surface area contributed by atoms with Crippen molar-refractivity contribution in [1.29, 1.82) is 0 Å². The molecule has 0 spiro atoms. The number of anilines is 1. The number of nitrogens with zero attached hydrogens (tertiary/aromatic N) is 3. The summed E-state index contributed by atoms with van der Waals surface area (Å²) in [5.74, 6) is 0.0321. The van der Waals surface area contributed by atoms with Crippen LogP contribution in [0.4, 0.5) is 5.82 Å². The molecule has 0 saturated carbocycles. The highest BCUT2D eigenvalue weighted by atomic mass is 32.5. The second-order valence-corrected chi connectivity index (χ2v) is 11.1. The third-order valence-electron chi connectivity index (χ3n) is 5.90. The maximum Gasteiger partial charge on any atom is 0.351 e. The minimum absolute atomic E-state index is 0.0321. The van der Waals surface area contributed by atoms with Gasteiger partial charge in [-0.25, -0.2) is 9.59 Å². The topological polar surface area (TPSA) is 223 Å². The molecule has 16 nitrogen and oxygen atoms in total. The molecule has 8 atom stereocenters. The molecule has 0 amide bonds. The Labute approximate surface area is 213 Å². The highest BCUT2D eigenvalue weighted by Gasteiger charge is 2.47. The summed E-state index contributed by atoms with van der Waals surface area (Å²) in [6.45, 7) is -4.91. The highest BCUT2D eigenvalue weighted by molar-refractivity contribution is 8.07. The Kier molecular flexibility index (Phi) is 8.39. The summed E-state index contributed by atoms with van der Waals surface area (Å²) in [6.07, 6.45) is -4.63. The summed E-state index contributed by atoms with van der Waals surface area (Å²) in [5, 5.41) is 20.3. The predicted molar refractivity (Wildman–Crippen MR) is 128 cm³/mol. The van der Waals surface area contributed by atoms with Crippen molar-refractivity contribution in [3.63, 3.8) is 0 Å². The Hall–Kier alpha value is -2.31. The number of aliphatic hydroxyl groups is 2. The number of aliphatic hydroxyl groups excluding tert-OH is 2. The zero-order chi connectivity index (χ0) is 26.9. The first-order chi connectivity index (χ1) is 17.5. The molecule has 0 bridgehead atoms. The minimum atomic E-state index is -3.97. The third kappa shape index (κ3) is 6.06. The molecule has 0 radical (unpaired) electrons. The van der Waals surface area contributed by atoms with Gasteiger partial charge in [-0.2, -0.15) is 4.98 Å². The monoisotopic (exact) mass is 563 g/mol. The van der Waals surface area contributed by atoms with Gasteiger partial charge in [0.1, 0.15) is 36.5 Å². The molecule has 2 aliphatic heterocycles. The van der Waals surface area contributed by atoms with E-state index in [1.165, 1.54) is 25.6 Å². The number of methoxy groups -OCH3 is 1. The van der Waals surface area contributed by atoms with E-state index < -0.39 is 79.8 Å². The van der Waals surface area contributed by atoms with E-state index in [0.29, 0.717) is 0 Å². The number of rotatable bonds is 9. The maximum absolute atomic E-state index is 12.2. The molecule has 204 valence electrons. The molecular formula is C19H26N5O11PS. The lowest BCUT2D eigenvalue weighted by Crippen LogP contribution is -2.38. The van der Waals surface area contributed by atoms with Gasteiger partial charge in [0.05, 0.1) is 19.3 Å². The first kappa shape index (κ1) is 27.7. The molecule has 18 heteroatoms. The predicted octanol–water partition coefficient (Wildman–Crippen LogP) is -2.45. The Morgan fingerprint density at radius 2 is 1.97 bits per heavy atom. The largest absolute Gasteiger partial charge is 0.394 e. The molecule has 2 saturated heterocycles. The Morgan fingerprint density at radius 3 is 2.62 bits per heavy atom. The molecule has 2 unspecified atom stereocenters. The summed E-state index contributed by atoms with van der Waals surface area (Å²) in [6, 6.07) is 2.51. The van der Waals surface area contributed by atoms with Gasteiger partial charge in [-0.15, -0.1) is 0 Å². The molecule has 2 aromatic heterocycles. The number of aromatic nitrogens is 4. The van der Waals surface area contributed by atoms with Crippen LogP contribution < -0.4 is 22.7 Å². The van der Waals surface area contributed by atoms with Gasteiger partial charge >= 0.3 is 18.1 Å². The zero-order valence-electron chi connectivity index (χ0n) is 19.4. The van der Waals surface area contributed by atoms with Crippen LogP contribution in [0.2, 0.25) is 0 Å². The normalized spacial score (nSPS) is 31.4. The van der Waals surface area contributed by atoms with Crippen molar-refractivity contribution in [2.45, 2.75) is 49.4 Å². The molecule has 4 heterocycles. The van der Waals surface area contributed by atoms with Gasteiger partial charge < -0.3 is 44.1 Å². The van der Waals surface area contributed by atoms with E-state index in [0.717, 1.165) is 15.2 Å². The van der Waals surface area contributed by atoms with Crippen LogP contribution in [0.1, 0.15) is 18.9 Å². The molecule has 0 aromatic carbocycles. The average molecular weight is 563 g/mol. The Balaban J connectivity index is 1.41. The van der Waals surface area contributed by atoms with Crippen molar-refractivity contribution in [3.05, 3.63) is 55.8 Å². The second kappa shape index (κ2) is 11.2. The minimum Gasteiger partial charge on any atom is -0.394 e. The van der Waals surface area contributed by atoms with Crippen LogP contribution in [0, 0.1) is 0 Å². The lowest BCUT2D eigenvalue weighted by Gasteiger charge is -2.24. The molecule has 6 N–H and O–H groups in total. The fourth-order valence-corrected chi connectivity index (χ4v) is 5.60. The molecule has 0 aliphatic carbocycles. The number of hydrogen-bond acceptors (Lipinski definition) is 13. The van der Waals surface area contributed by atoms with Crippen LogP contribution in [0.25, 0.3) is 0 Å². The van der Waals surface area contributed by atoms with Gasteiger partial charge in [-0.05, 0) is 17.9 Å². The fourth-order valence-electron chi connectivity index (χ4n) is 4.12. The molecule has 2 aromatic rings. The number of hydrogen-bond donors (Lipinski definition) is 5. The molecule has 2 fully saturated rings. The number of nitrogens with two attached hydrogens (primary N) is 1. The van der Waals surface area contributed by atoms with Gasteiger partial charge in [0.2, 0.25) is 0 Å². The van der Waals surface area contributed by atoms with Crippen molar-refractivity contribution < 1.29 is 38.4 Å². The highest BCUT2D eigenvalue weighted by Crippen LogP contribution is 2.49. The van der Waals surface area contributed by atoms with Crippen molar-refractivity contribution in [2.24, 2.45) is 0 Å². The Morgan fingerprint density at radius 1 is 1.24 bits per heavy atom. The smallest absolute Gasteiger partial charge is 0.351 e. The lowest BCUT2D eigenvalue weighted by molar-refractivity contribution is -0.0635. The van der Waals surface area contributed by atoms with E-state index in [4.69, 9.17) is 40.8 Å². The number of aromatic amines is 1. The van der Waals surface area contributed by atoms with Crippen LogP contribution in [-0.4, -0.2) is 85.1 Å². The standard InChI is InChI=1S/C19H26N5O11PS/c1-31-16-15(27)11(34-17(16)24-5-3-13(26)22-19(24)29)8-32-36(30,37)35-9-6-14(33-10(9)7-25)23-4-2-12(20)21-18(23)28/h2-5,9-11,14-17,25,27H,6-8H2,1H3,(H,30,37)(H2,20,21,28)(H,22,26,29)/t9?,10-,11-,14-,15+,16+,17-,36?/m1/s1. The Bertz CT molecular complexity index is 1330. The van der Waals surface area contributed by atoms with E-state index in [1.54, 1.807) is 0 Å². The second-order valence-electron chi connectivity index (χ2n) is 8.27. The molecule has 2 aliphatic rings. The quantitative estimate of drug-likeness (QED) is 0.200. The van der Waals surface area contributed by atoms with E-state index in [2.05, 4.69) is 9.97 Å². The SMILES string of the molecule is CO[C@H]1[C@@H](O)[C@@H](COP(O)(=S)OC2C[C@H](n3ccc(N)nc3=O)O[C@@H]2CO)O[C@H]1n1ccc(=O)[nH]c1=O. The molecule has 4 rings (SSSR count). The lowest BCUT2D eigenvalue weighted by atomic mass is 10.1. The molecular weight excluding hydrogens is 537 g/mol. The summed E-state index contributed by atoms with van der Waals surface area (Å²) in [4.78, 5) is 52.0.